The number of anilines is 1. The number of hydrogen-bond acceptors (Lipinski definition) is 5. The Kier molecular flexibility index (Phi) is 6.05. The van der Waals surface area contributed by atoms with Gasteiger partial charge in [-0.15, -0.1) is 0 Å². The first-order valence-corrected chi connectivity index (χ1v) is 8.75. The third kappa shape index (κ3) is 4.31. The van der Waals surface area contributed by atoms with Crippen LogP contribution in [0.4, 0.5) is 14.5 Å². The maximum absolute atomic E-state index is 12.5. The molecule has 26 heavy (non-hydrogen) atoms. The van der Waals surface area contributed by atoms with E-state index in [4.69, 9.17) is 9.47 Å². The fourth-order valence-electron chi connectivity index (χ4n) is 3.85. The second-order valence-corrected chi connectivity index (χ2v) is 6.66. The van der Waals surface area contributed by atoms with Crippen molar-refractivity contribution in [2.45, 2.75) is 37.6 Å². The molecule has 6 nitrogen and oxygen atoms in total. The zero-order valence-electron chi connectivity index (χ0n) is 14.7. The lowest BCUT2D eigenvalue weighted by molar-refractivity contribution is -0.146. The number of benzene rings is 1. The molecule has 0 bridgehead atoms. The molecule has 0 aliphatic carbocycles. The lowest BCUT2D eigenvalue weighted by atomic mass is 9.87. The van der Waals surface area contributed by atoms with Crippen molar-refractivity contribution in [3.63, 3.8) is 0 Å². The van der Waals surface area contributed by atoms with Gasteiger partial charge in [0.15, 0.2) is 0 Å². The molecular weight excluding hydrogens is 346 g/mol. The van der Waals surface area contributed by atoms with Crippen molar-refractivity contribution in [3.8, 4) is 5.75 Å². The Morgan fingerprint density at radius 1 is 1.46 bits per heavy atom. The number of amides is 1. The topological polar surface area (TPSA) is 60.0 Å². The summed E-state index contributed by atoms with van der Waals surface area (Å²) in [6, 6.07) is 6.16. The molecule has 2 saturated heterocycles. The van der Waals surface area contributed by atoms with Gasteiger partial charge in [-0.25, -0.2) is 0 Å². The zero-order valence-corrected chi connectivity index (χ0v) is 14.7. The highest BCUT2D eigenvalue weighted by Gasteiger charge is 2.47. The van der Waals surface area contributed by atoms with Crippen LogP contribution in [0.25, 0.3) is 0 Å². The lowest BCUT2D eigenvalue weighted by Crippen LogP contribution is -2.58. The fraction of sp³-hybridized carbons (Fsp3) is 0.611. The molecule has 0 unspecified atom stereocenters. The highest BCUT2D eigenvalue weighted by Crippen LogP contribution is 2.36. The normalized spacial score (nSPS) is 26.4. The molecule has 1 aromatic rings. The van der Waals surface area contributed by atoms with Crippen LogP contribution in [-0.4, -0.2) is 62.5 Å². The van der Waals surface area contributed by atoms with E-state index in [0.29, 0.717) is 19.7 Å². The third-order valence-electron chi connectivity index (χ3n) is 4.95. The standard InChI is InChI=1S/C18H24F2N2O4/c1-24-15-7-9-22(12-18(15)8-4-10-25-18)11-16(23)21-13-5-2-3-6-14(13)26-17(19)20/h2-3,5-6,15,17H,4,7-12H2,1H3,(H,21,23)/t15-,18-/m1/s1. The first-order chi connectivity index (χ1) is 12.5. The van der Waals surface area contributed by atoms with E-state index in [1.807, 2.05) is 4.90 Å². The molecule has 2 aliphatic heterocycles. The Morgan fingerprint density at radius 3 is 2.96 bits per heavy atom. The lowest BCUT2D eigenvalue weighted by Gasteiger charge is -2.44. The van der Waals surface area contributed by atoms with Crippen LogP contribution < -0.4 is 10.1 Å². The van der Waals surface area contributed by atoms with E-state index in [0.717, 1.165) is 19.3 Å². The van der Waals surface area contributed by atoms with Gasteiger partial charge >= 0.3 is 6.61 Å². The molecule has 0 radical (unpaired) electrons. The minimum Gasteiger partial charge on any atom is -0.433 e. The van der Waals surface area contributed by atoms with Gasteiger partial charge in [0.05, 0.1) is 18.3 Å². The minimum atomic E-state index is -2.94. The van der Waals surface area contributed by atoms with Crippen LogP contribution in [0.5, 0.6) is 5.75 Å². The van der Waals surface area contributed by atoms with Crippen LogP contribution in [0.1, 0.15) is 19.3 Å². The third-order valence-corrected chi connectivity index (χ3v) is 4.95. The Hall–Kier alpha value is -1.77. The van der Waals surface area contributed by atoms with E-state index < -0.39 is 6.61 Å². The largest absolute Gasteiger partial charge is 0.433 e. The summed E-state index contributed by atoms with van der Waals surface area (Å²) < 4.78 is 41.0. The van der Waals surface area contributed by atoms with Gasteiger partial charge in [0, 0.05) is 26.8 Å². The van der Waals surface area contributed by atoms with E-state index in [1.54, 1.807) is 19.2 Å². The summed E-state index contributed by atoms with van der Waals surface area (Å²) in [6.45, 7) is -0.746. The van der Waals surface area contributed by atoms with E-state index >= 15 is 0 Å². The Morgan fingerprint density at radius 2 is 2.27 bits per heavy atom. The maximum atomic E-state index is 12.5. The van der Waals surface area contributed by atoms with E-state index in [-0.39, 0.29) is 35.6 Å². The van der Waals surface area contributed by atoms with Crippen molar-refractivity contribution in [1.29, 1.82) is 0 Å². The number of nitrogens with zero attached hydrogens (tertiary/aromatic N) is 1. The number of carbonyl (C=O) groups excluding carboxylic acids is 1. The highest BCUT2D eigenvalue weighted by molar-refractivity contribution is 5.93. The average molecular weight is 370 g/mol. The van der Waals surface area contributed by atoms with Crippen LogP contribution in [0.15, 0.2) is 24.3 Å². The van der Waals surface area contributed by atoms with Crippen molar-refractivity contribution in [3.05, 3.63) is 24.3 Å². The minimum absolute atomic E-state index is 0.0319. The molecule has 8 heteroatoms. The molecule has 1 N–H and O–H groups in total. The van der Waals surface area contributed by atoms with Gasteiger partial charge in [0.25, 0.3) is 0 Å². The number of piperidine rings is 1. The Labute approximate surface area is 151 Å². The molecule has 2 fully saturated rings. The second-order valence-electron chi connectivity index (χ2n) is 6.66. The average Bonchev–Trinajstić information content (AvgIpc) is 3.05. The summed E-state index contributed by atoms with van der Waals surface area (Å²) in [5, 5.41) is 2.66. The number of rotatable bonds is 6. The van der Waals surface area contributed by atoms with E-state index in [2.05, 4.69) is 10.1 Å². The van der Waals surface area contributed by atoms with Crippen LogP contribution >= 0.6 is 0 Å². The molecule has 1 spiro atoms. The number of likely N-dealkylation sites (tertiary alicyclic amines) is 1. The van der Waals surface area contributed by atoms with Crippen LogP contribution in [-0.2, 0) is 14.3 Å². The number of halogens is 2. The summed E-state index contributed by atoms with van der Waals surface area (Å²) >= 11 is 0. The smallest absolute Gasteiger partial charge is 0.387 e. The molecule has 144 valence electrons. The number of carbonyl (C=O) groups is 1. The monoisotopic (exact) mass is 370 g/mol. The predicted octanol–water partition coefficient (Wildman–Crippen LogP) is 2.50. The fourth-order valence-corrected chi connectivity index (χ4v) is 3.85. The number of nitrogens with one attached hydrogen (secondary N) is 1. The molecule has 2 atom stereocenters. The molecular formula is C18H24F2N2O4. The summed E-state index contributed by atoms with van der Waals surface area (Å²) in [6.07, 6.45) is 2.71. The van der Waals surface area contributed by atoms with Crippen molar-refractivity contribution < 1.29 is 27.8 Å². The number of hydrogen-bond donors (Lipinski definition) is 1. The molecule has 0 aromatic heterocycles. The Balaban J connectivity index is 1.60. The van der Waals surface area contributed by atoms with Gasteiger partial charge in [-0.2, -0.15) is 8.78 Å². The van der Waals surface area contributed by atoms with E-state index in [9.17, 15) is 13.6 Å². The van der Waals surface area contributed by atoms with Crippen LogP contribution in [0.2, 0.25) is 0 Å². The quantitative estimate of drug-likeness (QED) is 0.834. The van der Waals surface area contributed by atoms with Gasteiger partial charge in [-0.3, -0.25) is 9.69 Å². The number of methoxy groups -OCH3 is 1. The van der Waals surface area contributed by atoms with E-state index in [1.165, 1.54) is 12.1 Å². The van der Waals surface area contributed by atoms with Gasteiger partial charge in [0.1, 0.15) is 11.4 Å². The van der Waals surface area contributed by atoms with Crippen molar-refractivity contribution >= 4 is 11.6 Å². The van der Waals surface area contributed by atoms with Crippen LogP contribution in [0.3, 0.4) is 0 Å². The second kappa shape index (κ2) is 8.28. The van der Waals surface area contributed by atoms with Gasteiger partial charge < -0.3 is 19.5 Å². The Bertz CT molecular complexity index is 623. The van der Waals surface area contributed by atoms with Gasteiger partial charge in [-0.05, 0) is 31.4 Å². The summed E-state index contributed by atoms with van der Waals surface area (Å²) in [5.74, 6) is -0.330. The first-order valence-electron chi connectivity index (χ1n) is 8.75. The van der Waals surface area contributed by atoms with Crippen LogP contribution in [0, 0.1) is 0 Å². The molecule has 0 saturated carbocycles. The number of para-hydroxylation sites is 2. The van der Waals surface area contributed by atoms with Crippen molar-refractivity contribution in [2.24, 2.45) is 0 Å². The highest BCUT2D eigenvalue weighted by atomic mass is 19.3. The SMILES string of the molecule is CO[C@@H]1CCN(CC(=O)Nc2ccccc2OC(F)F)C[C@]12CCCO2. The zero-order chi connectivity index (χ0) is 18.6. The van der Waals surface area contributed by atoms with Crippen molar-refractivity contribution in [1.82, 2.24) is 4.90 Å². The summed E-state index contributed by atoms with van der Waals surface area (Å²) in [7, 11) is 1.69. The molecule has 2 heterocycles. The molecule has 1 amide bonds. The number of alkyl halides is 2. The molecule has 2 aliphatic rings. The number of ether oxygens (including phenoxy) is 3. The summed E-state index contributed by atoms with van der Waals surface area (Å²) in [5.41, 5.74) is -0.124. The van der Waals surface area contributed by atoms with Gasteiger partial charge in [-0.1, -0.05) is 12.1 Å². The van der Waals surface area contributed by atoms with Crippen molar-refractivity contribution in [2.75, 3.05) is 38.7 Å². The molecule has 3 rings (SSSR count). The summed E-state index contributed by atoms with van der Waals surface area (Å²) in [4.78, 5) is 14.4. The maximum Gasteiger partial charge on any atom is 0.387 e. The first kappa shape index (κ1) is 19.0. The predicted molar refractivity (Wildman–Crippen MR) is 91.5 cm³/mol. The molecule has 1 aromatic carbocycles. The van der Waals surface area contributed by atoms with Gasteiger partial charge in [0.2, 0.25) is 5.91 Å².